The summed E-state index contributed by atoms with van der Waals surface area (Å²) in [4.78, 5) is 11.5. The van der Waals surface area contributed by atoms with E-state index in [9.17, 15) is 8.42 Å². The molecule has 192 valence electrons. The molecule has 0 aliphatic carbocycles. The molecule has 10 heteroatoms. The predicted molar refractivity (Wildman–Crippen MR) is 145 cm³/mol. The van der Waals surface area contributed by atoms with Gasteiger partial charge in [-0.2, -0.15) is 4.98 Å². The van der Waals surface area contributed by atoms with Crippen molar-refractivity contribution in [1.82, 2.24) is 14.9 Å². The summed E-state index contributed by atoms with van der Waals surface area (Å²) in [6, 6.07) is 10.8. The molecule has 4 rings (SSSR count). The average molecular weight is 530 g/mol. The molecule has 0 bridgehead atoms. The van der Waals surface area contributed by atoms with Crippen molar-refractivity contribution in [3.8, 4) is 5.75 Å². The minimum atomic E-state index is -3.51. The quantitative estimate of drug-likeness (QED) is 0.409. The summed E-state index contributed by atoms with van der Waals surface area (Å²) in [5, 5.41) is 6.05. The summed E-state index contributed by atoms with van der Waals surface area (Å²) >= 11 is 6.38. The van der Waals surface area contributed by atoms with E-state index in [0.29, 0.717) is 17.5 Å². The summed E-state index contributed by atoms with van der Waals surface area (Å²) in [6.07, 6.45) is 3.36. The first kappa shape index (κ1) is 26.2. The van der Waals surface area contributed by atoms with Gasteiger partial charge >= 0.3 is 0 Å². The molecule has 2 heterocycles. The Morgan fingerprint density at radius 1 is 1.08 bits per heavy atom. The normalized spacial score (nSPS) is 14.3. The summed E-state index contributed by atoms with van der Waals surface area (Å²) in [6.45, 7) is 8.52. The van der Waals surface area contributed by atoms with Crippen LogP contribution >= 0.6 is 11.6 Å². The van der Waals surface area contributed by atoms with Crippen molar-refractivity contribution < 1.29 is 13.2 Å². The third-order valence-corrected chi connectivity index (χ3v) is 8.93. The number of hydrogen-bond donors (Lipinski definition) is 2. The zero-order chi connectivity index (χ0) is 25.9. The van der Waals surface area contributed by atoms with Gasteiger partial charge in [0.2, 0.25) is 5.95 Å². The maximum atomic E-state index is 12.9. The Kier molecular flexibility index (Phi) is 8.02. The lowest BCUT2D eigenvalue weighted by atomic mass is 10.0. The van der Waals surface area contributed by atoms with Crippen LogP contribution in [0.1, 0.15) is 31.9 Å². The van der Waals surface area contributed by atoms with Crippen molar-refractivity contribution >= 4 is 44.6 Å². The second-order valence-corrected chi connectivity index (χ2v) is 11.8. The topological polar surface area (TPSA) is 96.5 Å². The van der Waals surface area contributed by atoms with E-state index in [1.165, 1.54) is 17.3 Å². The summed E-state index contributed by atoms with van der Waals surface area (Å²) in [7, 11) is -1.84. The van der Waals surface area contributed by atoms with Gasteiger partial charge < -0.3 is 20.3 Å². The van der Waals surface area contributed by atoms with Crippen molar-refractivity contribution in [2.45, 2.75) is 43.8 Å². The Morgan fingerprint density at radius 2 is 1.83 bits per heavy atom. The van der Waals surface area contributed by atoms with Gasteiger partial charge in [-0.25, -0.2) is 13.4 Å². The van der Waals surface area contributed by atoms with Crippen LogP contribution in [0.2, 0.25) is 5.02 Å². The maximum Gasteiger partial charge on any atom is 0.229 e. The van der Waals surface area contributed by atoms with E-state index in [1.807, 2.05) is 6.07 Å². The third-order valence-electron chi connectivity index (χ3n) is 6.44. The standard InChI is InChI=1S/C26H32ClN5O3S/c1-5-32-14-12-18-10-11-22(24(35-4)19(18)13-15-32)30-26-28-16-20(27)25(31-26)29-21-8-6-7-9-23(21)36(33,34)17(2)3/h6-11,16-17H,5,12-15H2,1-4H3,(H2,28,29,30,31). The van der Waals surface area contributed by atoms with Gasteiger partial charge in [0, 0.05) is 18.7 Å². The average Bonchev–Trinajstić information content (AvgIpc) is 3.08. The number of fused-ring (bicyclic) bond motifs is 1. The first-order chi connectivity index (χ1) is 17.2. The van der Waals surface area contributed by atoms with Crippen LogP contribution in [0.4, 0.5) is 23.1 Å². The van der Waals surface area contributed by atoms with Gasteiger partial charge in [-0.05, 0) is 57.0 Å². The van der Waals surface area contributed by atoms with Gasteiger partial charge in [-0.3, -0.25) is 0 Å². The molecule has 2 N–H and O–H groups in total. The first-order valence-electron chi connectivity index (χ1n) is 12.0. The summed E-state index contributed by atoms with van der Waals surface area (Å²) < 4.78 is 31.5. The van der Waals surface area contributed by atoms with Crippen molar-refractivity contribution in [3.05, 3.63) is 58.7 Å². The molecule has 1 aliphatic rings. The second-order valence-electron chi connectivity index (χ2n) is 8.95. The largest absolute Gasteiger partial charge is 0.494 e. The molecule has 0 radical (unpaired) electrons. The van der Waals surface area contributed by atoms with Gasteiger partial charge in [-0.15, -0.1) is 0 Å². The fourth-order valence-corrected chi connectivity index (χ4v) is 5.66. The van der Waals surface area contributed by atoms with Crippen LogP contribution in [0.3, 0.4) is 0 Å². The molecule has 0 saturated carbocycles. The monoisotopic (exact) mass is 529 g/mol. The van der Waals surface area contributed by atoms with E-state index < -0.39 is 15.1 Å². The minimum absolute atomic E-state index is 0.192. The van der Waals surface area contributed by atoms with Gasteiger partial charge in [0.15, 0.2) is 15.7 Å². The van der Waals surface area contributed by atoms with Gasteiger partial charge in [-0.1, -0.05) is 36.7 Å². The Bertz CT molecular complexity index is 1350. The number of halogens is 1. The highest BCUT2D eigenvalue weighted by atomic mass is 35.5. The van der Waals surface area contributed by atoms with Crippen LogP contribution in [-0.2, 0) is 22.7 Å². The van der Waals surface area contributed by atoms with E-state index in [2.05, 4.69) is 38.5 Å². The number of para-hydroxylation sites is 1. The lowest BCUT2D eigenvalue weighted by Crippen LogP contribution is -2.25. The minimum Gasteiger partial charge on any atom is -0.494 e. The number of ether oxygens (including phenoxy) is 1. The molecule has 0 atom stereocenters. The molecule has 0 fully saturated rings. The fourth-order valence-electron chi connectivity index (χ4n) is 4.32. The van der Waals surface area contributed by atoms with Crippen LogP contribution in [-0.4, -0.2) is 55.3 Å². The van der Waals surface area contributed by atoms with E-state index >= 15 is 0 Å². The molecular formula is C26H32ClN5O3S. The number of sulfone groups is 1. The molecule has 36 heavy (non-hydrogen) atoms. The molecule has 2 aromatic carbocycles. The van der Waals surface area contributed by atoms with E-state index in [0.717, 1.165) is 43.9 Å². The highest BCUT2D eigenvalue weighted by molar-refractivity contribution is 7.92. The number of rotatable bonds is 8. The smallest absolute Gasteiger partial charge is 0.229 e. The Labute approximate surface area is 218 Å². The van der Waals surface area contributed by atoms with Crippen molar-refractivity contribution in [2.24, 2.45) is 0 Å². The Hall–Kier alpha value is -2.88. The van der Waals surface area contributed by atoms with E-state index in [-0.39, 0.29) is 9.92 Å². The number of benzene rings is 2. The molecule has 3 aromatic rings. The fraction of sp³-hybridized carbons (Fsp3) is 0.385. The molecular weight excluding hydrogens is 498 g/mol. The molecule has 0 unspecified atom stereocenters. The van der Waals surface area contributed by atoms with Crippen LogP contribution in [0.5, 0.6) is 5.75 Å². The zero-order valence-corrected chi connectivity index (χ0v) is 22.6. The van der Waals surface area contributed by atoms with Crippen LogP contribution in [0.15, 0.2) is 47.5 Å². The van der Waals surface area contributed by atoms with Crippen molar-refractivity contribution in [3.63, 3.8) is 0 Å². The zero-order valence-electron chi connectivity index (χ0n) is 21.0. The Balaban J connectivity index is 1.64. The number of nitrogens with one attached hydrogen (secondary N) is 2. The van der Waals surface area contributed by atoms with Crippen molar-refractivity contribution in [1.29, 1.82) is 0 Å². The molecule has 1 aromatic heterocycles. The molecule has 0 saturated heterocycles. The number of aromatic nitrogens is 2. The van der Waals surface area contributed by atoms with Crippen LogP contribution < -0.4 is 15.4 Å². The SMILES string of the molecule is CCN1CCc2ccc(Nc3ncc(Cl)c(Nc4ccccc4S(=O)(=O)C(C)C)n3)c(OC)c2CC1. The predicted octanol–water partition coefficient (Wildman–Crippen LogP) is 5.23. The first-order valence-corrected chi connectivity index (χ1v) is 14.0. The lowest BCUT2D eigenvalue weighted by molar-refractivity contribution is 0.302. The lowest BCUT2D eigenvalue weighted by Gasteiger charge is -2.18. The van der Waals surface area contributed by atoms with Gasteiger partial charge in [0.25, 0.3) is 0 Å². The number of likely N-dealkylation sites (N-methyl/N-ethyl adjacent to an activating group) is 1. The molecule has 0 amide bonds. The number of nitrogens with zero attached hydrogens (tertiary/aromatic N) is 3. The Morgan fingerprint density at radius 3 is 2.56 bits per heavy atom. The maximum absolute atomic E-state index is 12.9. The summed E-state index contributed by atoms with van der Waals surface area (Å²) in [5.41, 5.74) is 3.65. The highest BCUT2D eigenvalue weighted by Crippen LogP contribution is 2.36. The van der Waals surface area contributed by atoms with Gasteiger partial charge in [0.1, 0.15) is 10.8 Å². The van der Waals surface area contributed by atoms with Gasteiger partial charge in [0.05, 0.1) is 34.8 Å². The van der Waals surface area contributed by atoms with E-state index in [1.54, 1.807) is 45.2 Å². The molecule has 1 aliphatic heterocycles. The van der Waals surface area contributed by atoms with Crippen LogP contribution in [0.25, 0.3) is 0 Å². The van der Waals surface area contributed by atoms with Crippen LogP contribution in [0, 0.1) is 0 Å². The third kappa shape index (κ3) is 5.43. The number of hydrogen-bond acceptors (Lipinski definition) is 8. The van der Waals surface area contributed by atoms with Crippen molar-refractivity contribution in [2.75, 3.05) is 37.4 Å². The molecule has 0 spiro atoms. The second kappa shape index (κ2) is 11.0. The summed E-state index contributed by atoms with van der Waals surface area (Å²) in [5.74, 6) is 1.40. The number of anilines is 4. The molecule has 8 nitrogen and oxygen atoms in total. The highest BCUT2D eigenvalue weighted by Gasteiger charge is 2.23. The van der Waals surface area contributed by atoms with E-state index in [4.69, 9.17) is 16.3 Å². The number of methoxy groups -OCH3 is 1.